The van der Waals surface area contributed by atoms with E-state index in [2.05, 4.69) is 0 Å². The lowest BCUT2D eigenvalue weighted by Crippen LogP contribution is -2.09. The molecule has 1 unspecified atom stereocenters. The molecule has 2 aromatic rings. The SMILES string of the molecule is O=C1OCC(n2ccc3cc(Cl)ccc32)O1. The molecule has 1 aromatic carbocycles. The summed E-state index contributed by atoms with van der Waals surface area (Å²) in [4.78, 5) is 10.9. The number of nitrogens with zero attached hydrogens (tertiary/aromatic N) is 1. The van der Waals surface area contributed by atoms with E-state index in [1.54, 1.807) is 6.07 Å². The van der Waals surface area contributed by atoms with E-state index in [1.165, 1.54) is 0 Å². The van der Waals surface area contributed by atoms with Crippen molar-refractivity contribution in [2.45, 2.75) is 6.23 Å². The number of ether oxygens (including phenoxy) is 2. The first-order valence-electron chi connectivity index (χ1n) is 4.83. The number of halogens is 1. The van der Waals surface area contributed by atoms with Crippen molar-refractivity contribution < 1.29 is 14.3 Å². The van der Waals surface area contributed by atoms with Gasteiger partial charge >= 0.3 is 6.16 Å². The van der Waals surface area contributed by atoms with E-state index in [0.29, 0.717) is 5.02 Å². The topological polar surface area (TPSA) is 40.5 Å². The van der Waals surface area contributed by atoms with Gasteiger partial charge in [-0.3, -0.25) is 0 Å². The van der Waals surface area contributed by atoms with Crippen LogP contribution < -0.4 is 0 Å². The molecule has 1 aliphatic rings. The zero-order chi connectivity index (χ0) is 11.1. The number of cyclic esters (lactones) is 2. The zero-order valence-electron chi connectivity index (χ0n) is 8.22. The Hall–Kier alpha value is -1.68. The number of hydrogen-bond acceptors (Lipinski definition) is 3. The molecule has 0 aliphatic carbocycles. The monoisotopic (exact) mass is 237 g/mol. The van der Waals surface area contributed by atoms with Gasteiger partial charge in [0.05, 0.1) is 5.52 Å². The average molecular weight is 238 g/mol. The van der Waals surface area contributed by atoms with Crippen molar-refractivity contribution >= 4 is 28.7 Å². The molecular weight excluding hydrogens is 230 g/mol. The highest BCUT2D eigenvalue weighted by atomic mass is 35.5. The van der Waals surface area contributed by atoms with E-state index in [1.807, 2.05) is 29.0 Å². The van der Waals surface area contributed by atoms with Crippen LogP contribution in [0.4, 0.5) is 4.79 Å². The molecule has 16 heavy (non-hydrogen) atoms. The summed E-state index contributed by atoms with van der Waals surface area (Å²) in [6.45, 7) is 0.241. The van der Waals surface area contributed by atoms with Crippen molar-refractivity contribution in [3.05, 3.63) is 35.5 Å². The van der Waals surface area contributed by atoms with E-state index in [-0.39, 0.29) is 12.8 Å². The second-order valence-corrected chi connectivity index (χ2v) is 4.00. The second kappa shape index (κ2) is 3.42. The Kier molecular flexibility index (Phi) is 2.04. The summed E-state index contributed by atoms with van der Waals surface area (Å²) in [5.41, 5.74) is 0.965. The number of fused-ring (bicyclic) bond motifs is 1. The van der Waals surface area contributed by atoms with Gasteiger partial charge in [0.15, 0.2) is 6.61 Å². The fourth-order valence-corrected chi connectivity index (χ4v) is 2.02. The molecule has 0 bridgehead atoms. The summed E-state index contributed by atoms with van der Waals surface area (Å²) < 4.78 is 11.6. The molecule has 3 rings (SSSR count). The first-order valence-corrected chi connectivity index (χ1v) is 5.21. The molecule has 0 amide bonds. The molecule has 4 nitrogen and oxygen atoms in total. The van der Waals surface area contributed by atoms with Gasteiger partial charge in [-0.2, -0.15) is 0 Å². The Morgan fingerprint density at radius 2 is 2.25 bits per heavy atom. The van der Waals surface area contributed by atoms with Crippen molar-refractivity contribution in [3.8, 4) is 0 Å². The molecule has 5 heteroatoms. The van der Waals surface area contributed by atoms with Gasteiger partial charge in [0.25, 0.3) is 0 Å². The third-order valence-electron chi connectivity index (χ3n) is 2.57. The molecule has 1 fully saturated rings. The molecule has 1 aromatic heterocycles. The standard InChI is InChI=1S/C11H8ClNO3/c12-8-1-2-9-7(5-8)3-4-13(9)10-6-15-11(14)16-10/h1-5,10H,6H2. The summed E-state index contributed by atoms with van der Waals surface area (Å²) in [6, 6.07) is 7.49. The van der Waals surface area contributed by atoms with Gasteiger partial charge in [0.2, 0.25) is 6.23 Å². The summed E-state index contributed by atoms with van der Waals surface area (Å²) in [6.07, 6.45) is 0.847. The Balaban J connectivity index is 2.07. The van der Waals surface area contributed by atoms with Crippen molar-refractivity contribution in [3.63, 3.8) is 0 Å². The molecule has 1 aliphatic heterocycles. The third kappa shape index (κ3) is 1.42. The Labute approximate surface area is 96.3 Å². The van der Waals surface area contributed by atoms with Gasteiger partial charge in [-0.15, -0.1) is 0 Å². The summed E-state index contributed by atoms with van der Waals surface area (Å²) in [7, 11) is 0. The molecule has 82 valence electrons. The molecule has 0 saturated carbocycles. The van der Waals surface area contributed by atoms with E-state index < -0.39 is 6.16 Å². The fourth-order valence-electron chi connectivity index (χ4n) is 1.84. The summed E-state index contributed by atoms with van der Waals surface area (Å²) in [5, 5.41) is 1.69. The minimum Gasteiger partial charge on any atom is -0.428 e. The maximum atomic E-state index is 10.9. The van der Waals surface area contributed by atoms with Crippen LogP contribution in [0, 0.1) is 0 Å². The predicted octanol–water partition coefficient (Wildman–Crippen LogP) is 2.96. The van der Waals surface area contributed by atoms with E-state index in [4.69, 9.17) is 21.1 Å². The average Bonchev–Trinajstić information content (AvgIpc) is 2.83. The van der Waals surface area contributed by atoms with E-state index in [9.17, 15) is 4.79 Å². The molecule has 0 radical (unpaired) electrons. The quantitative estimate of drug-likeness (QED) is 0.716. The molecular formula is C11H8ClNO3. The molecule has 0 spiro atoms. The van der Waals surface area contributed by atoms with Gasteiger partial charge in [-0.1, -0.05) is 11.6 Å². The summed E-state index contributed by atoms with van der Waals surface area (Å²) in [5.74, 6) is 0. The van der Waals surface area contributed by atoms with Crippen molar-refractivity contribution in [1.29, 1.82) is 0 Å². The Bertz CT molecular complexity index is 563. The van der Waals surface area contributed by atoms with Crippen LogP contribution in [-0.2, 0) is 9.47 Å². The minimum absolute atomic E-state index is 0.241. The minimum atomic E-state index is -0.624. The highest BCUT2D eigenvalue weighted by Crippen LogP contribution is 2.26. The highest BCUT2D eigenvalue weighted by molar-refractivity contribution is 6.31. The van der Waals surface area contributed by atoms with Crippen LogP contribution in [-0.4, -0.2) is 17.3 Å². The molecule has 1 saturated heterocycles. The van der Waals surface area contributed by atoms with Crippen LogP contribution in [0.5, 0.6) is 0 Å². The fraction of sp³-hybridized carbons (Fsp3) is 0.182. The van der Waals surface area contributed by atoms with Crippen molar-refractivity contribution in [2.24, 2.45) is 0 Å². The van der Waals surface area contributed by atoms with Crippen molar-refractivity contribution in [2.75, 3.05) is 6.61 Å². The van der Waals surface area contributed by atoms with Crippen LogP contribution in [0.1, 0.15) is 6.23 Å². The second-order valence-electron chi connectivity index (χ2n) is 3.56. The lowest BCUT2D eigenvalue weighted by Gasteiger charge is -2.09. The van der Waals surface area contributed by atoms with Gasteiger partial charge in [0.1, 0.15) is 0 Å². The number of rotatable bonds is 1. The number of aromatic nitrogens is 1. The van der Waals surface area contributed by atoms with Gasteiger partial charge in [-0.05, 0) is 24.3 Å². The van der Waals surface area contributed by atoms with Crippen molar-refractivity contribution in [1.82, 2.24) is 4.57 Å². The first-order chi connectivity index (χ1) is 7.74. The van der Waals surface area contributed by atoms with Gasteiger partial charge in [0, 0.05) is 16.6 Å². The smallest absolute Gasteiger partial charge is 0.428 e. The lowest BCUT2D eigenvalue weighted by molar-refractivity contribution is 0.0979. The first kappa shape index (κ1) is 9.54. The normalized spacial score (nSPS) is 19.8. The third-order valence-corrected chi connectivity index (χ3v) is 2.80. The molecule has 1 atom stereocenters. The van der Waals surface area contributed by atoms with Crippen LogP contribution in [0.2, 0.25) is 5.02 Å². The van der Waals surface area contributed by atoms with Gasteiger partial charge in [-0.25, -0.2) is 4.79 Å². The Morgan fingerprint density at radius 3 is 3.00 bits per heavy atom. The Morgan fingerprint density at radius 1 is 1.38 bits per heavy atom. The number of carbonyl (C=O) groups excluding carboxylic acids is 1. The summed E-state index contributed by atoms with van der Waals surface area (Å²) >= 11 is 5.89. The maximum Gasteiger partial charge on any atom is 0.510 e. The van der Waals surface area contributed by atoms with E-state index >= 15 is 0 Å². The van der Waals surface area contributed by atoms with Crippen LogP contribution >= 0.6 is 11.6 Å². The van der Waals surface area contributed by atoms with Crippen LogP contribution in [0.25, 0.3) is 10.9 Å². The molecule has 0 N–H and O–H groups in total. The van der Waals surface area contributed by atoms with Crippen LogP contribution in [0.3, 0.4) is 0 Å². The number of hydrogen-bond donors (Lipinski definition) is 0. The molecule has 2 heterocycles. The van der Waals surface area contributed by atoms with Crippen LogP contribution in [0.15, 0.2) is 30.5 Å². The number of carbonyl (C=O) groups is 1. The highest BCUT2D eigenvalue weighted by Gasteiger charge is 2.26. The number of benzene rings is 1. The predicted molar refractivity (Wildman–Crippen MR) is 58.4 cm³/mol. The maximum absolute atomic E-state index is 10.9. The van der Waals surface area contributed by atoms with E-state index in [0.717, 1.165) is 10.9 Å². The lowest BCUT2D eigenvalue weighted by atomic mass is 10.2. The zero-order valence-corrected chi connectivity index (χ0v) is 8.98. The largest absolute Gasteiger partial charge is 0.510 e. The van der Waals surface area contributed by atoms with Gasteiger partial charge < -0.3 is 14.0 Å².